The Morgan fingerprint density at radius 2 is 1.93 bits per heavy atom. The molecule has 0 aromatic heterocycles. The predicted molar refractivity (Wildman–Crippen MR) is 96.4 cm³/mol. The smallest absolute Gasteiger partial charge is 0.251 e. The Morgan fingerprint density at radius 1 is 1.18 bits per heavy atom. The minimum atomic E-state index is -0.770. The third kappa shape index (κ3) is 2.82. The summed E-state index contributed by atoms with van der Waals surface area (Å²) < 4.78 is 33.1. The van der Waals surface area contributed by atoms with Gasteiger partial charge < -0.3 is 15.0 Å². The van der Waals surface area contributed by atoms with Crippen molar-refractivity contribution in [3.05, 3.63) is 35.4 Å². The van der Waals surface area contributed by atoms with Crippen LogP contribution in [0.2, 0.25) is 0 Å². The van der Waals surface area contributed by atoms with Gasteiger partial charge >= 0.3 is 0 Å². The minimum Gasteiger partial charge on any atom is -0.369 e. The summed E-state index contributed by atoms with van der Waals surface area (Å²) in [6, 6.07) is 2.81. The second-order valence-corrected chi connectivity index (χ2v) is 8.74. The SMILES string of the molecule is O=C(NC[C@H]1[C@H]2CN(C(=O)C3CCC3)C[C@]23CC[C@H]1O3)c1cc(F)cc(F)c1. The number of hydrogen-bond acceptors (Lipinski definition) is 3. The zero-order valence-electron chi connectivity index (χ0n) is 15.6. The van der Waals surface area contributed by atoms with Crippen molar-refractivity contribution >= 4 is 11.8 Å². The van der Waals surface area contributed by atoms with Gasteiger partial charge in [-0.3, -0.25) is 9.59 Å². The number of rotatable bonds is 4. The van der Waals surface area contributed by atoms with Crippen molar-refractivity contribution in [2.75, 3.05) is 19.6 Å². The van der Waals surface area contributed by atoms with Crippen molar-refractivity contribution in [3.63, 3.8) is 0 Å². The molecule has 4 fully saturated rings. The fourth-order valence-corrected chi connectivity index (χ4v) is 5.54. The van der Waals surface area contributed by atoms with Gasteiger partial charge in [-0.1, -0.05) is 6.42 Å². The Morgan fingerprint density at radius 3 is 2.61 bits per heavy atom. The van der Waals surface area contributed by atoms with E-state index < -0.39 is 17.5 Å². The maximum atomic E-state index is 13.4. The van der Waals surface area contributed by atoms with Crippen molar-refractivity contribution in [2.45, 2.75) is 43.8 Å². The number of ether oxygens (including phenoxy) is 1. The molecule has 5 nitrogen and oxygen atoms in total. The van der Waals surface area contributed by atoms with Crippen LogP contribution in [-0.2, 0) is 9.53 Å². The van der Waals surface area contributed by atoms with E-state index in [1.54, 1.807) is 0 Å². The summed E-state index contributed by atoms with van der Waals surface area (Å²) in [6.45, 7) is 1.73. The van der Waals surface area contributed by atoms with E-state index in [1.807, 2.05) is 4.90 Å². The summed E-state index contributed by atoms with van der Waals surface area (Å²) in [6.07, 6.45) is 5.07. The normalized spacial score (nSPS) is 33.6. The molecular weight excluding hydrogens is 366 g/mol. The summed E-state index contributed by atoms with van der Waals surface area (Å²) in [5, 5.41) is 2.82. The first kappa shape index (κ1) is 18.0. The zero-order chi connectivity index (χ0) is 19.5. The van der Waals surface area contributed by atoms with Gasteiger partial charge in [0.25, 0.3) is 5.91 Å². The molecule has 3 saturated heterocycles. The lowest BCUT2D eigenvalue weighted by molar-refractivity contribution is -0.138. The molecule has 2 bridgehead atoms. The second kappa shape index (κ2) is 6.51. The Balaban J connectivity index is 1.26. The third-order valence-electron chi connectivity index (χ3n) is 7.17. The maximum Gasteiger partial charge on any atom is 0.251 e. The van der Waals surface area contributed by atoms with Gasteiger partial charge in [0.2, 0.25) is 5.91 Å². The molecule has 1 N–H and O–H groups in total. The van der Waals surface area contributed by atoms with Crippen LogP contribution in [0.25, 0.3) is 0 Å². The molecule has 3 heterocycles. The molecule has 1 aromatic rings. The van der Waals surface area contributed by atoms with Crippen LogP contribution >= 0.6 is 0 Å². The second-order valence-electron chi connectivity index (χ2n) is 8.74. The first-order valence-electron chi connectivity index (χ1n) is 10.2. The zero-order valence-corrected chi connectivity index (χ0v) is 15.6. The molecule has 1 saturated carbocycles. The van der Waals surface area contributed by atoms with Crippen molar-refractivity contribution in [1.29, 1.82) is 0 Å². The summed E-state index contributed by atoms with van der Waals surface area (Å²) in [5.41, 5.74) is -0.297. The van der Waals surface area contributed by atoms with Crippen molar-refractivity contribution in [2.24, 2.45) is 17.8 Å². The van der Waals surface area contributed by atoms with Crippen LogP contribution in [0.3, 0.4) is 0 Å². The van der Waals surface area contributed by atoms with Crippen LogP contribution in [-0.4, -0.2) is 48.1 Å². The molecule has 5 rings (SSSR count). The molecule has 0 radical (unpaired) electrons. The van der Waals surface area contributed by atoms with Crippen molar-refractivity contribution in [1.82, 2.24) is 10.2 Å². The topological polar surface area (TPSA) is 58.6 Å². The number of nitrogens with one attached hydrogen (secondary N) is 1. The molecule has 1 spiro atoms. The molecular formula is C21H24F2N2O3. The molecule has 0 unspecified atom stereocenters. The van der Waals surface area contributed by atoms with E-state index in [0.717, 1.165) is 50.3 Å². The maximum absolute atomic E-state index is 13.4. The Hall–Kier alpha value is -2.02. The molecule has 3 aliphatic heterocycles. The molecule has 1 aliphatic carbocycles. The molecule has 150 valence electrons. The van der Waals surface area contributed by atoms with Gasteiger partial charge in [-0.2, -0.15) is 0 Å². The van der Waals surface area contributed by atoms with Crippen LogP contribution in [0, 0.1) is 29.4 Å². The van der Waals surface area contributed by atoms with Gasteiger partial charge in [-0.15, -0.1) is 0 Å². The number of nitrogens with zero attached hydrogens (tertiary/aromatic N) is 1. The number of benzene rings is 1. The van der Waals surface area contributed by atoms with Gasteiger partial charge in [0.15, 0.2) is 0 Å². The van der Waals surface area contributed by atoms with E-state index in [0.29, 0.717) is 19.6 Å². The summed E-state index contributed by atoms with van der Waals surface area (Å²) in [5.74, 6) is -1.28. The van der Waals surface area contributed by atoms with Crippen LogP contribution in [0.15, 0.2) is 18.2 Å². The molecule has 2 amide bonds. The van der Waals surface area contributed by atoms with Crippen LogP contribution < -0.4 is 5.32 Å². The molecule has 7 heteroatoms. The van der Waals surface area contributed by atoms with E-state index in [-0.39, 0.29) is 40.9 Å². The van der Waals surface area contributed by atoms with Crippen LogP contribution in [0.1, 0.15) is 42.5 Å². The quantitative estimate of drug-likeness (QED) is 0.860. The standard InChI is InChI=1S/C21H24F2N2O3/c22-14-6-13(7-15(23)8-14)19(26)24-9-16-17-10-25(20(27)12-2-1-3-12)11-21(17)5-4-18(16)28-21/h6-8,12,16-18H,1-5,9-11H2,(H,24,26)/t16-,17+,18+,21+/m0/s1. The number of carbonyl (C=O) groups excluding carboxylic acids is 2. The highest BCUT2D eigenvalue weighted by Gasteiger charge is 2.63. The van der Waals surface area contributed by atoms with Gasteiger partial charge in [0.05, 0.1) is 18.2 Å². The van der Waals surface area contributed by atoms with Crippen LogP contribution in [0.4, 0.5) is 8.78 Å². The summed E-state index contributed by atoms with van der Waals surface area (Å²) in [7, 11) is 0. The van der Waals surface area contributed by atoms with E-state index in [2.05, 4.69) is 5.32 Å². The number of fused-ring (bicyclic) bond motifs is 1. The average Bonchev–Trinajstić information content (AvgIpc) is 3.25. The lowest BCUT2D eigenvalue weighted by Gasteiger charge is -2.30. The predicted octanol–water partition coefficient (Wildman–Crippen LogP) is 2.50. The highest BCUT2D eigenvalue weighted by atomic mass is 19.1. The van der Waals surface area contributed by atoms with E-state index in [9.17, 15) is 18.4 Å². The largest absolute Gasteiger partial charge is 0.369 e. The summed E-state index contributed by atoms with van der Waals surface area (Å²) >= 11 is 0. The van der Waals surface area contributed by atoms with Crippen LogP contribution in [0.5, 0.6) is 0 Å². The lowest BCUT2D eigenvalue weighted by atomic mass is 9.73. The highest BCUT2D eigenvalue weighted by molar-refractivity contribution is 5.94. The van der Waals surface area contributed by atoms with E-state index >= 15 is 0 Å². The minimum absolute atomic E-state index is 0.0236. The molecule has 1 aromatic carbocycles. The van der Waals surface area contributed by atoms with E-state index in [4.69, 9.17) is 4.74 Å². The Kier molecular flexibility index (Phi) is 4.19. The lowest BCUT2D eigenvalue weighted by Crippen LogP contribution is -2.41. The number of hydrogen-bond donors (Lipinski definition) is 1. The van der Waals surface area contributed by atoms with Gasteiger partial charge in [0.1, 0.15) is 11.6 Å². The fraction of sp³-hybridized carbons (Fsp3) is 0.619. The van der Waals surface area contributed by atoms with Gasteiger partial charge in [0, 0.05) is 42.5 Å². The fourth-order valence-electron chi connectivity index (χ4n) is 5.54. The highest BCUT2D eigenvalue weighted by Crippen LogP contribution is 2.55. The average molecular weight is 390 g/mol. The summed E-state index contributed by atoms with van der Waals surface area (Å²) in [4.78, 5) is 27.0. The number of amides is 2. The van der Waals surface area contributed by atoms with Gasteiger partial charge in [-0.25, -0.2) is 8.78 Å². The Labute approximate surface area is 162 Å². The number of carbonyl (C=O) groups is 2. The number of halogens is 2. The van der Waals surface area contributed by atoms with Crippen molar-refractivity contribution < 1.29 is 23.1 Å². The van der Waals surface area contributed by atoms with E-state index in [1.165, 1.54) is 0 Å². The first-order chi connectivity index (χ1) is 13.4. The first-order valence-corrected chi connectivity index (χ1v) is 10.2. The molecule has 4 atom stereocenters. The molecule has 4 aliphatic rings. The molecule has 28 heavy (non-hydrogen) atoms. The van der Waals surface area contributed by atoms with Gasteiger partial charge in [-0.05, 0) is 37.8 Å². The monoisotopic (exact) mass is 390 g/mol. The number of likely N-dealkylation sites (tertiary alicyclic amines) is 1. The van der Waals surface area contributed by atoms with Crippen molar-refractivity contribution in [3.8, 4) is 0 Å². The Bertz CT molecular complexity index is 808. The third-order valence-corrected chi connectivity index (χ3v) is 7.17.